The molecule has 0 saturated carbocycles. The van der Waals surface area contributed by atoms with Gasteiger partial charge in [-0.15, -0.1) is 0 Å². The van der Waals surface area contributed by atoms with Gasteiger partial charge >= 0.3 is 6.09 Å². The van der Waals surface area contributed by atoms with Crippen LogP contribution in [0.5, 0.6) is 0 Å². The van der Waals surface area contributed by atoms with E-state index in [1.807, 2.05) is 0 Å². The maximum absolute atomic E-state index is 13.4. The van der Waals surface area contributed by atoms with Crippen LogP contribution in [0.25, 0.3) is 0 Å². The first-order chi connectivity index (χ1) is 14.7. The second-order valence-corrected chi connectivity index (χ2v) is 8.79. The molecule has 2 heterocycles. The number of hydrogen-bond acceptors (Lipinski definition) is 7. The summed E-state index contributed by atoms with van der Waals surface area (Å²) in [6.45, 7) is 4.43. The van der Waals surface area contributed by atoms with Crippen LogP contribution in [0.4, 0.5) is 16.2 Å². The van der Waals surface area contributed by atoms with Gasteiger partial charge in [0, 0.05) is 10.9 Å². The second-order valence-electron chi connectivity index (χ2n) is 7.87. The maximum Gasteiger partial charge on any atom is 0.407 e. The Kier molecular flexibility index (Phi) is 7.07. The molecule has 11 heteroatoms. The Hall–Kier alpha value is -2.37. The van der Waals surface area contributed by atoms with Crippen molar-refractivity contribution in [3.05, 3.63) is 22.7 Å². The van der Waals surface area contributed by atoms with Gasteiger partial charge in [0.05, 0.1) is 38.2 Å². The number of benzene rings is 1. The fourth-order valence-electron chi connectivity index (χ4n) is 3.75. The number of likely N-dealkylation sites (tertiary alicyclic amines) is 1. The van der Waals surface area contributed by atoms with Gasteiger partial charge in [0.2, 0.25) is 11.8 Å². The van der Waals surface area contributed by atoms with E-state index in [9.17, 15) is 14.4 Å². The summed E-state index contributed by atoms with van der Waals surface area (Å²) in [6, 6.07) is 3.36. The lowest BCUT2D eigenvalue weighted by Gasteiger charge is -2.30. The second kappa shape index (κ2) is 9.41. The molecule has 1 aromatic rings. The Morgan fingerprint density at radius 2 is 1.97 bits per heavy atom. The van der Waals surface area contributed by atoms with E-state index in [-0.39, 0.29) is 18.9 Å². The molecule has 2 aliphatic heterocycles. The van der Waals surface area contributed by atoms with E-state index in [0.29, 0.717) is 24.6 Å². The third-order valence-electron chi connectivity index (χ3n) is 5.35. The molecule has 2 aliphatic rings. The Morgan fingerprint density at radius 3 is 2.55 bits per heavy atom. The number of nitrogens with zero attached hydrogens (tertiary/aromatic N) is 1. The molecule has 3 amide bonds. The zero-order chi connectivity index (χ0) is 22.8. The van der Waals surface area contributed by atoms with Crippen LogP contribution < -0.4 is 16.4 Å². The first-order valence-electron chi connectivity index (χ1n) is 9.94. The molecule has 31 heavy (non-hydrogen) atoms. The number of ether oxygens (including phenoxy) is 3. The molecular weight excluding hydrogens is 472 g/mol. The zero-order valence-corrected chi connectivity index (χ0v) is 19.2. The van der Waals surface area contributed by atoms with Crippen molar-refractivity contribution < 1.29 is 28.6 Å². The molecule has 2 fully saturated rings. The van der Waals surface area contributed by atoms with Crippen molar-refractivity contribution in [2.24, 2.45) is 5.92 Å². The Labute approximate surface area is 188 Å². The fraction of sp³-hybridized carbons (Fsp3) is 0.550. The summed E-state index contributed by atoms with van der Waals surface area (Å²) >= 11 is 3.33. The molecule has 0 aromatic heterocycles. The van der Waals surface area contributed by atoms with E-state index < -0.39 is 35.8 Å². The van der Waals surface area contributed by atoms with Gasteiger partial charge in [0.1, 0.15) is 12.1 Å². The van der Waals surface area contributed by atoms with Crippen LogP contribution in [-0.4, -0.2) is 67.5 Å². The molecule has 0 aliphatic carbocycles. The average Bonchev–Trinajstić information content (AvgIpc) is 3.34. The largest absolute Gasteiger partial charge is 0.453 e. The number of hydrogen-bond donors (Lipinski definition) is 3. The van der Waals surface area contributed by atoms with Crippen LogP contribution in [0.2, 0.25) is 0 Å². The van der Waals surface area contributed by atoms with E-state index >= 15 is 0 Å². The van der Waals surface area contributed by atoms with Crippen molar-refractivity contribution in [2.45, 2.75) is 38.1 Å². The predicted molar refractivity (Wildman–Crippen MR) is 116 cm³/mol. The van der Waals surface area contributed by atoms with Gasteiger partial charge in [-0.3, -0.25) is 9.59 Å². The van der Waals surface area contributed by atoms with Gasteiger partial charge in [-0.2, -0.15) is 0 Å². The highest BCUT2D eigenvalue weighted by Gasteiger charge is 2.53. The van der Waals surface area contributed by atoms with Crippen molar-refractivity contribution in [3.63, 3.8) is 0 Å². The number of amides is 3. The summed E-state index contributed by atoms with van der Waals surface area (Å²) in [5.74, 6) is -2.12. The van der Waals surface area contributed by atoms with E-state index in [0.717, 1.165) is 4.47 Å². The quantitative estimate of drug-likeness (QED) is 0.526. The lowest BCUT2D eigenvalue weighted by atomic mass is 10.0. The number of nitrogen functional groups attached to an aromatic ring is 1. The summed E-state index contributed by atoms with van der Waals surface area (Å²) in [6.07, 6.45) is -0.553. The van der Waals surface area contributed by atoms with Crippen LogP contribution in [0.3, 0.4) is 0 Å². The van der Waals surface area contributed by atoms with E-state index in [1.165, 1.54) is 12.0 Å². The number of carbonyl (C=O) groups is 3. The molecule has 0 bridgehead atoms. The van der Waals surface area contributed by atoms with Crippen LogP contribution >= 0.6 is 15.9 Å². The number of halogens is 1. The number of methoxy groups -OCH3 is 1. The number of alkyl carbamates (subject to hydrolysis) is 1. The minimum absolute atomic E-state index is 0.0752. The molecular formula is C20H27BrN4O6. The number of nitrogens with one attached hydrogen (secondary N) is 2. The van der Waals surface area contributed by atoms with Crippen LogP contribution in [0.15, 0.2) is 22.7 Å². The first kappa shape index (κ1) is 23.3. The molecule has 1 spiro atoms. The molecule has 1 unspecified atom stereocenters. The van der Waals surface area contributed by atoms with Gasteiger partial charge in [-0.25, -0.2) is 4.79 Å². The van der Waals surface area contributed by atoms with Crippen molar-refractivity contribution in [2.75, 3.05) is 37.9 Å². The van der Waals surface area contributed by atoms with Crippen LogP contribution in [0, 0.1) is 5.92 Å². The third kappa shape index (κ3) is 5.10. The SMILES string of the molecule is COC(=O)N[C@H](C(=O)N1CC2(CC1C(=O)Nc1ccc(Br)cc1N)OCCO2)C(C)C. The molecule has 1 aromatic carbocycles. The summed E-state index contributed by atoms with van der Waals surface area (Å²) in [5, 5.41) is 5.34. The Bertz CT molecular complexity index is 858. The zero-order valence-electron chi connectivity index (χ0n) is 17.6. The van der Waals surface area contributed by atoms with Crippen molar-refractivity contribution in [3.8, 4) is 0 Å². The summed E-state index contributed by atoms with van der Waals surface area (Å²) in [4.78, 5) is 39.7. The molecule has 3 rings (SSSR count). The Balaban J connectivity index is 1.85. The predicted octanol–water partition coefficient (Wildman–Crippen LogP) is 1.69. The normalized spacial score (nSPS) is 20.7. The standard InChI is InChI=1S/C20H27BrN4O6/c1-11(2)16(24-19(28)29-3)18(27)25-10-20(30-6-7-31-20)9-15(25)17(26)23-14-5-4-12(21)8-13(14)22/h4-5,8,11,15-16H,6-7,9-10,22H2,1-3H3,(H,23,26)(H,24,28)/t15?,16-/m0/s1. The minimum Gasteiger partial charge on any atom is -0.453 e. The highest BCUT2D eigenvalue weighted by Crippen LogP contribution is 2.36. The summed E-state index contributed by atoms with van der Waals surface area (Å²) < 4.78 is 16.9. The number of carbonyl (C=O) groups excluding carboxylic acids is 3. The fourth-order valence-corrected chi connectivity index (χ4v) is 4.13. The molecule has 4 N–H and O–H groups in total. The highest BCUT2D eigenvalue weighted by molar-refractivity contribution is 9.10. The molecule has 170 valence electrons. The van der Waals surface area contributed by atoms with Gasteiger partial charge in [-0.05, 0) is 24.1 Å². The van der Waals surface area contributed by atoms with Gasteiger partial charge in [0.25, 0.3) is 0 Å². The van der Waals surface area contributed by atoms with Crippen molar-refractivity contribution in [1.82, 2.24) is 10.2 Å². The summed E-state index contributed by atoms with van der Waals surface area (Å²) in [5.41, 5.74) is 6.82. The lowest BCUT2D eigenvalue weighted by molar-refractivity contribution is -0.153. The highest BCUT2D eigenvalue weighted by atomic mass is 79.9. The average molecular weight is 499 g/mol. The van der Waals surface area contributed by atoms with E-state index in [1.54, 1.807) is 32.0 Å². The maximum atomic E-state index is 13.4. The monoisotopic (exact) mass is 498 g/mol. The number of nitrogens with two attached hydrogens (primary N) is 1. The first-order valence-corrected chi connectivity index (χ1v) is 10.7. The van der Waals surface area contributed by atoms with Gasteiger partial charge < -0.3 is 35.5 Å². The molecule has 10 nitrogen and oxygen atoms in total. The van der Waals surface area contributed by atoms with E-state index in [4.69, 9.17) is 15.2 Å². The van der Waals surface area contributed by atoms with Crippen molar-refractivity contribution >= 4 is 45.2 Å². The number of anilines is 2. The topological polar surface area (TPSA) is 132 Å². The van der Waals surface area contributed by atoms with E-state index in [2.05, 4.69) is 31.3 Å². The molecule has 2 atom stereocenters. The van der Waals surface area contributed by atoms with Crippen LogP contribution in [0.1, 0.15) is 20.3 Å². The van der Waals surface area contributed by atoms with Crippen LogP contribution in [-0.2, 0) is 23.8 Å². The minimum atomic E-state index is -1.05. The summed E-state index contributed by atoms with van der Waals surface area (Å²) in [7, 11) is 1.22. The number of rotatable bonds is 5. The van der Waals surface area contributed by atoms with Crippen molar-refractivity contribution in [1.29, 1.82) is 0 Å². The Morgan fingerprint density at radius 1 is 1.29 bits per heavy atom. The molecule has 0 radical (unpaired) electrons. The van der Waals surface area contributed by atoms with Gasteiger partial charge in [-0.1, -0.05) is 29.8 Å². The lowest BCUT2D eigenvalue weighted by Crippen LogP contribution is -2.54. The third-order valence-corrected chi connectivity index (χ3v) is 5.85. The smallest absolute Gasteiger partial charge is 0.407 e. The molecule has 2 saturated heterocycles. The van der Waals surface area contributed by atoms with Gasteiger partial charge in [0.15, 0.2) is 5.79 Å².